The van der Waals surface area contributed by atoms with Gasteiger partial charge in [-0.25, -0.2) is 4.79 Å². The normalized spacial score (nSPS) is 14.9. The Morgan fingerprint density at radius 1 is 0.735 bits per heavy atom. The van der Waals surface area contributed by atoms with E-state index in [4.69, 9.17) is 4.74 Å². The summed E-state index contributed by atoms with van der Waals surface area (Å²) in [6.07, 6.45) is -1.12. The summed E-state index contributed by atoms with van der Waals surface area (Å²) in [6, 6.07) is 10.5. The Morgan fingerprint density at radius 3 is 1.88 bits per heavy atom. The van der Waals surface area contributed by atoms with Crippen LogP contribution in [-0.4, -0.2) is 76.7 Å². The van der Waals surface area contributed by atoms with E-state index in [0.29, 0.717) is 12.2 Å². The van der Waals surface area contributed by atoms with Crippen LogP contribution in [0, 0.1) is 31.6 Å². The van der Waals surface area contributed by atoms with Gasteiger partial charge in [0.25, 0.3) is 5.91 Å². The fourth-order valence-corrected chi connectivity index (χ4v) is 5.15. The molecule has 270 valence electrons. The second kappa shape index (κ2) is 19.5. The summed E-state index contributed by atoms with van der Waals surface area (Å²) in [7, 11) is 0. The van der Waals surface area contributed by atoms with E-state index in [1.54, 1.807) is 40.7 Å². The van der Waals surface area contributed by atoms with Crippen LogP contribution in [0.4, 0.5) is 0 Å². The predicted octanol–water partition coefficient (Wildman–Crippen LogP) is 3.06. The Hall–Kier alpha value is -4.45. The first kappa shape index (κ1) is 40.7. The number of ether oxygens (including phenoxy) is 1. The molecule has 12 nitrogen and oxygen atoms in total. The molecule has 6 atom stereocenters. The van der Waals surface area contributed by atoms with Crippen LogP contribution in [-0.2, 0) is 30.4 Å². The van der Waals surface area contributed by atoms with E-state index in [9.17, 15) is 34.2 Å². The van der Waals surface area contributed by atoms with Gasteiger partial charge in [0.1, 0.15) is 23.9 Å². The number of aryl methyl sites for hydroxylation is 2. The Bertz CT molecular complexity index is 1410. The van der Waals surface area contributed by atoms with Crippen molar-refractivity contribution >= 4 is 29.6 Å². The minimum absolute atomic E-state index is 0.180. The smallest absolute Gasteiger partial charge is 0.326 e. The number of amides is 4. The van der Waals surface area contributed by atoms with Gasteiger partial charge in [0.2, 0.25) is 17.7 Å². The second-order valence-electron chi connectivity index (χ2n) is 13.4. The highest BCUT2D eigenvalue weighted by Crippen LogP contribution is 2.17. The number of hydrogen-bond donors (Lipinski definition) is 6. The fourth-order valence-electron chi connectivity index (χ4n) is 5.15. The third-order valence-electron chi connectivity index (χ3n) is 8.64. The Morgan fingerprint density at radius 2 is 1.33 bits per heavy atom. The number of carbonyl (C=O) groups is 5. The van der Waals surface area contributed by atoms with Gasteiger partial charge in [-0.15, -0.1) is 0 Å². The van der Waals surface area contributed by atoms with Crippen LogP contribution in [0.15, 0.2) is 48.5 Å². The zero-order chi connectivity index (χ0) is 36.8. The number of aliphatic hydroxyl groups excluding tert-OH is 1. The van der Waals surface area contributed by atoms with Crippen molar-refractivity contribution in [1.29, 1.82) is 0 Å². The van der Waals surface area contributed by atoms with E-state index < -0.39 is 66.3 Å². The molecule has 0 fully saturated rings. The van der Waals surface area contributed by atoms with Crippen molar-refractivity contribution in [2.45, 2.75) is 105 Å². The summed E-state index contributed by atoms with van der Waals surface area (Å²) in [4.78, 5) is 64.5. The minimum Gasteiger partial charge on any atom is -0.484 e. The topological polar surface area (TPSA) is 183 Å². The van der Waals surface area contributed by atoms with Crippen molar-refractivity contribution in [3.63, 3.8) is 0 Å². The van der Waals surface area contributed by atoms with Gasteiger partial charge >= 0.3 is 5.97 Å². The molecule has 6 N–H and O–H groups in total. The maximum Gasteiger partial charge on any atom is 0.326 e. The Balaban J connectivity index is 2.18. The van der Waals surface area contributed by atoms with E-state index in [-0.39, 0.29) is 30.8 Å². The molecule has 0 aliphatic rings. The number of aliphatic carboxylic acids is 1. The Kier molecular flexibility index (Phi) is 16.2. The lowest BCUT2D eigenvalue weighted by Gasteiger charge is -2.29. The molecule has 0 aromatic heterocycles. The summed E-state index contributed by atoms with van der Waals surface area (Å²) >= 11 is 0. The molecule has 0 heterocycles. The van der Waals surface area contributed by atoms with E-state index in [0.717, 1.165) is 16.7 Å². The molecule has 0 bridgehead atoms. The van der Waals surface area contributed by atoms with Gasteiger partial charge in [-0.2, -0.15) is 0 Å². The molecule has 0 saturated heterocycles. The van der Waals surface area contributed by atoms with Crippen LogP contribution < -0.4 is 26.0 Å². The first-order chi connectivity index (χ1) is 23.0. The van der Waals surface area contributed by atoms with E-state index in [2.05, 4.69) is 21.3 Å². The van der Waals surface area contributed by atoms with Gasteiger partial charge in [0.05, 0.1) is 18.6 Å². The van der Waals surface area contributed by atoms with Crippen LogP contribution in [0.25, 0.3) is 0 Å². The fraction of sp³-hybridized carbons (Fsp3) is 0.541. The van der Waals surface area contributed by atoms with Crippen LogP contribution >= 0.6 is 0 Å². The maximum atomic E-state index is 13.6. The van der Waals surface area contributed by atoms with Crippen LogP contribution in [0.1, 0.15) is 71.1 Å². The summed E-state index contributed by atoms with van der Waals surface area (Å²) in [6.45, 7) is 14.1. The van der Waals surface area contributed by atoms with Crippen molar-refractivity contribution in [3.8, 4) is 5.75 Å². The van der Waals surface area contributed by atoms with Gasteiger partial charge in [-0.3, -0.25) is 19.2 Å². The molecule has 0 aliphatic heterocycles. The van der Waals surface area contributed by atoms with Gasteiger partial charge in [0, 0.05) is 0 Å². The predicted molar refractivity (Wildman–Crippen MR) is 187 cm³/mol. The maximum absolute atomic E-state index is 13.6. The van der Waals surface area contributed by atoms with Crippen molar-refractivity contribution < 1.29 is 38.9 Å². The van der Waals surface area contributed by atoms with Crippen molar-refractivity contribution in [1.82, 2.24) is 21.3 Å². The standard InChI is InChI=1S/C37H54N4O8/c1-9-23(6)34(36(46)41-33(22(4)5)37(47)48)39-30(43)19-29(42)28(18-26-13-11-10-12-14-26)38-35(45)32(21(2)3)40-31(44)20-49-27-16-15-24(7)25(8)17-27/h10-17,21-23,28-29,32-34,42H,9,18-20H2,1-8H3,(H,38,45)(H,39,43)(H,40,44)(H,41,46)(H,47,48)/t23-,28-,29-,32?,33?,34-/m0/s1. The average molecular weight is 683 g/mol. The zero-order valence-corrected chi connectivity index (χ0v) is 29.9. The van der Waals surface area contributed by atoms with E-state index in [1.165, 1.54) is 0 Å². The number of aliphatic hydroxyl groups is 1. The lowest BCUT2D eigenvalue weighted by molar-refractivity contribution is -0.143. The van der Waals surface area contributed by atoms with E-state index >= 15 is 0 Å². The van der Waals surface area contributed by atoms with Crippen molar-refractivity contribution in [3.05, 3.63) is 65.2 Å². The summed E-state index contributed by atoms with van der Waals surface area (Å²) in [5.74, 6) is -4.01. The first-order valence-electron chi connectivity index (χ1n) is 16.9. The summed E-state index contributed by atoms with van der Waals surface area (Å²) in [5.41, 5.74) is 2.91. The Labute approximate surface area is 289 Å². The molecular formula is C37H54N4O8. The lowest BCUT2D eigenvalue weighted by atomic mass is 9.95. The SMILES string of the molecule is CC[C@H](C)[C@H](NC(=O)C[C@H](O)[C@H](Cc1ccccc1)NC(=O)C(NC(=O)COc1ccc(C)c(C)c1)C(C)C)C(=O)NC(C(=O)O)C(C)C. The third kappa shape index (κ3) is 13.2. The highest BCUT2D eigenvalue weighted by molar-refractivity contribution is 5.91. The molecular weight excluding hydrogens is 628 g/mol. The number of hydrogen-bond acceptors (Lipinski definition) is 7. The van der Waals surface area contributed by atoms with Crippen LogP contribution in [0.3, 0.4) is 0 Å². The molecule has 49 heavy (non-hydrogen) atoms. The minimum atomic E-state index is -1.37. The molecule has 2 unspecified atom stereocenters. The van der Waals surface area contributed by atoms with Crippen LogP contribution in [0.5, 0.6) is 5.75 Å². The number of nitrogens with one attached hydrogen (secondary N) is 4. The van der Waals surface area contributed by atoms with Crippen molar-refractivity contribution in [2.24, 2.45) is 17.8 Å². The molecule has 12 heteroatoms. The summed E-state index contributed by atoms with van der Waals surface area (Å²) in [5, 5.41) is 31.6. The largest absolute Gasteiger partial charge is 0.484 e. The number of carboxylic acids is 1. The molecule has 2 aromatic carbocycles. The monoisotopic (exact) mass is 682 g/mol. The van der Waals surface area contributed by atoms with Gasteiger partial charge in [-0.05, 0) is 66.8 Å². The molecule has 0 aliphatic carbocycles. The average Bonchev–Trinajstić information content (AvgIpc) is 3.04. The summed E-state index contributed by atoms with van der Waals surface area (Å²) < 4.78 is 5.64. The van der Waals surface area contributed by atoms with Crippen LogP contribution in [0.2, 0.25) is 0 Å². The lowest BCUT2D eigenvalue weighted by Crippen LogP contribution is -2.57. The molecule has 2 aromatic rings. The van der Waals surface area contributed by atoms with E-state index in [1.807, 2.05) is 63.2 Å². The van der Waals surface area contributed by atoms with Gasteiger partial charge < -0.3 is 36.2 Å². The number of carbonyl (C=O) groups excluding carboxylic acids is 4. The quantitative estimate of drug-likeness (QED) is 0.131. The molecule has 0 radical (unpaired) electrons. The van der Waals surface area contributed by atoms with Gasteiger partial charge in [0.15, 0.2) is 6.61 Å². The highest BCUT2D eigenvalue weighted by Gasteiger charge is 2.33. The number of rotatable bonds is 19. The van der Waals surface area contributed by atoms with Crippen molar-refractivity contribution in [2.75, 3.05) is 6.61 Å². The van der Waals surface area contributed by atoms with Gasteiger partial charge in [-0.1, -0.05) is 84.4 Å². The zero-order valence-electron chi connectivity index (χ0n) is 29.9. The molecule has 4 amide bonds. The first-order valence-corrected chi connectivity index (χ1v) is 16.9. The molecule has 2 rings (SSSR count). The number of benzene rings is 2. The molecule has 0 spiro atoms. The second-order valence-corrected chi connectivity index (χ2v) is 13.4. The number of carboxylic acid groups (broad SMARTS) is 1. The molecule has 0 saturated carbocycles. The third-order valence-corrected chi connectivity index (χ3v) is 8.64. The highest BCUT2D eigenvalue weighted by atomic mass is 16.5.